The highest BCUT2D eigenvalue weighted by Gasteiger charge is 2.26. The summed E-state index contributed by atoms with van der Waals surface area (Å²) in [5.74, 6) is 0.870. The molecule has 0 aliphatic heterocycles. The SMILES string of the molecule is CCN(CC)S(=O)(=O)c1ccc(OCc2nc(C)c(C)o2)c([N+](=O)[O-])c1. The van der Waals surface area contributed by atoms with Gasteiger partial charge in [0.1, 0.15) is 5.76 Å². The van der Waals surface area contributed by atoms with Crippen molar-refractivity contribution in [3.8, 4) is 5.75 Å². The molecule has 9 nitrogen and oxygen atoms in total. The van der Waals surface area contributed by atoms with E-state index in [2.05, 4.69) is 4.98 Å². The molecule has 0 amide bonds. The zero-order chi connectivity index (χ0) is 19.5. The van der Waals surface area contributed by atoms with Crippen molar-refractivity contribution < 1.29 is 22.5 Å². The molecule has 10 heteroatoms. The molecular formula is C16H21N3O6S. The molecule has 142 valence electrons. The predicted octanol–water partition coefficient (Wildman–Crippen LogP) is 2.81. The average molecular weight is 383 g/mol. The second-order valence-electron chi connectivity index (χ2n) is 5.51. The van der Waals surface area contributed by atoms with Gasteiger partial charge in [-0.2, -0.15) is 4.31 Å². The first-order chi connectivity index (χ1) is 12.2. The van der Waals surface area contributed by atoms with Crippen LogP contribution in [0.1, 0.15) is 31.2 Å². The number of benzene rings is 1. The Hall–Kier alpha value is -2.46. The van der Waals surface area contributed by atoms with E-state index in [1.165, 1.54) is 16.4 Å². The lowest BCUT2D eigenvalue weighted by atomic mass is 10.3. The van der Waals surface area contributed by atoms with Gasteiger partial charge in [0.25, 0.3) is 0 Å². The van der Waals surface area contributed by atoms with Crippen molar-refractivity contribution in [3.05, 3.63) is 45.7 Å². The van der Waals surface area contributed by atoms with Crippen LogP contribution in [-0.4, -0.2) is 35.7 Å². The van der Waals surface area contributed by atoms with Crippen LogP contribution in [0.15, 0.2) is 27.5 Å². The molecule has 2 aromatic rings. The maximum atomic E-state index is 12.5. The molecule has 0 aliphatic carbocycles. The third kappa shape index (κ3) is 4.02. The summed E-state index contributed by atoms with van der Waals surface area (Å²) >= 11 is 0. The number of oxazole rings is 1. The number of hydrogen-bond donors (Lipinski definition) is 0. The van der Waals surface area contributed by atoms with E-state index in [1.807, 2.05) is 0 Å². The molecule has 0 N–H and O–H groups in total. The van der Waals surface area contributed by atoms with Crippen LogP contribution in [0.3, 0.4) is 0 Å². The lowest BCUT2D eigenvalue weighted by molar-refractivity contribution is -0.386. The molecule has 0 fully saturated rings. The molecule has 1 heterocycles. The Morgan fingerprint density at radius 1 is 1.27 bits per heavy atom. The highest BCUT2D eigenvalue weighted by Crippen LogP contribution is 2.31. The van der Waals surface area contributed by atoms with E-state index in [0.29, 0.717) is 11.5 Å². The van der Waals surface area contributed by atoms with Gasteiger partial charge in [-0.3, -0.25) is 10.1 Å². The van der Waals surface area contributed by atoms with Crippen molar-refractivity contribution in [2.24, 2.45) is 0 Å². The number of rotatable bonds is 8. The summed E-state index contributed by atoms with van der Waals surface area (Å²) in [6.07, 6.45) is 0. The fourth-order valence-electron chi connectivity index (χ4n) is 2.38. The number of aromatic nitrogens is 1. The minimum absolute atomic E-state index is 0.0537. The van der Waals surface area contributed by atoms with Gasteiger partial charge in [0.15, 0.2) is 12.4 Å². The molecule has 0 saturated carbocycles. The van der Waals surface area contributed by atoms with Gasteiger partial charge in [0.05, 0.1) is 15.5 Å². The van der Waals surface area contributed by atoms with Gasteiger partial charge >= 0.3 is 5.69 Å². The fraction of sp³-hybridized carbons (Fsp3) is 0.438. The van der Waals surface area contributed by atoms with Crippen molar-refractivity contribution in [3.63, 3.8) is 0 Å². The first-order valence-electron chi connectivity index (χ1n) is 8.05. The summed E-state index contributed by atoms with van der Waals surface area (Å²) in [4.78, 5) is 14.7. The van der Waals surface area contributed by atoms with E-state index < -0.39 is 20.6 Å². The van der Waals surface area contributed by atoms with Gasteiger partial charge in [-0.1, -0.05) is 13.8 Å². The molecule has 0 unspecified atom stereocenters. The van der Waals surface area contributed by atoms with E-state index in [9.17, 15) is 18.5 Å². The van der Waals surface area contributed by atoms with Crippen LogP contribution in [0.4, 0.5) is 5.69 Å². The predicted molar refractivity (Wildman–Crippen MR) is 93.5 cm³/mol. The number of nitro groups is 1. The average Bonchev–Trinajstić information content (AvgIpc) is 2.91. The minimum atomic E-state index is -3.80. The molecule has 26 heavy (non-hydrogen) atoms. The third-order valence-corrected chi connectivity index (χ3v) is 5.94. The Morgan fingerprint density at radius 3 is 2.42 bits per heavy atom. The summed E-state index contributed by atoms with van der Waals surface area (Å²) in [6, 6.07) is 3.58. The van der Waals surface area contributed by atoms with Crippen LogP contribution >= 0.6 is 0 Å². The molecule has 0 spiro atoms. The zero-order valence-electron chi connectivity index (χ0n) is 15.1. The van der Waals surface area contributed by atoms with Crippen molar-refractivity contribution >= 4 is 15.7 Å². The van der Waals surface area contributed by atoms with Crippen LogP contribution in [0.2, 0.25) is 0 Å². The first kappa shape index (κ1) is 19.9. The Bertz CT molecular complexity index is 883. The number of nitro benzene ring substituents is 1. The zero-order valence-corrected chi connectivity index (χ0v) is 15.9. The number of aryl methyl sites for hydroxylation is 2. The normalized spacial score (nSPS) is 11.7. The Labute approximate surface area is 151 Å². The van der Waals surface area contributed by atoms with Gasteiger partial charge in [0.2, 0.25) is 15.9 Å². The maximum absolute atomic E-state index is 12.5. The van der Waals surface area contributed by atoms with Crippen LogP contribution in [0, 0.1) is 24.0 Å². The highest BCUT2D eigenvalue weighted by atomic mass is 32.2. The van der Waals surface area contributed by atoms with Crippen molar-refractivity contribution in [1.29, 1.82) is 0 Å². The topological polar surface area (TPSA) is 116 Å². The number of sulfonamides is 1. The third-order valence-electron chi connectivity index (χ3n) is 3.89. The smallest absolute Gasteiger partial charge is 0.312 e. The molecule has 0 atom stereocenters. The van der Waals surface area contributed by atoms with Crippen LogP contribution in [0.25, 0.3) is 0 Å². The van der Waals surface area contributed by atoms with Gasteiger partial charge in [-0.25, -0.2) is 13.4 Å². The van der Waals surface area contributed by atoms with Gasteiger partial charge in [0, 0.05) is 19.2 Å². The lowest BCUT2D eigenvalue weighted by Gasteiger charge is -2.18. The van der Waals surface area contributed by atoms with E-state index in [-0.39, 0.29) is 36.2 Å². The summed E-state index contributed by atoms with van der Waals surface area (Å²) < 4.78 is 37.1. The molecule has 0 saturated heterocycles. The number of nitrogens with zero attached hydrogens (tertiary/aromatic N) is 3. The number of ether oxygens (including phenoxy) is 1. The highest BCUT2D eigenvalue weighted by molar-refractivity contribution is 7.89. The molecular weight excluding hydrogens is 362 g/mol. The second kappa shape index (κ2) is 7.83. The van der Waals surface area contributed by atoms with Crippen molar-refractivity contribution in [2.75, 3.05) is 13.1 Å². The van der Waals surface area contributed by atoms with Gasteiger partial charge in [-0.15, -0.1) is 0 Å². The Kier molecular flexibility index (Phi) is 5.98. The largest absolute Gasteiger partial charge is 0.477 e. The summed E-state index contributed by atoms with van der Waals surface area (Å²) in [7, 11) is -3.80. The minimum Gasteiger partial charge on any atom is -0.477 e. The monoisotopic (exact) mass is 383 g/mol. The summed E-state index contributed by atoms with van der Waals surface area (Å²) in [6.45, 7) is 7.37. The van der Waals surface area contributed by atoms with E-state index in [0.717, 1.165) is 6.07 Å². The van der Waals surface area contributed by atoms with E-state index >= 15 is 0 Å². The molecule has 0 radical (unpaired) electrons. The summed E-state index contributed by atoms with van der Waals surface area (Å²) in [5.41, 5.74) is 0.275. The Balaban J connectivity index is 2.33. The molecule has 1 aromatic heterocycles. The van der Waals surface area contributed by atoms with E-state index in [1.54, 1.807) is 27.7 Å². The molecule has 1 aromatic carbocycles. The quantitative estimate of drug-likeness (QED) is 0.508. The first-order valence-corrected chi connectivity index (χ1v) is 9.49. The second-order valence-corrected chi connectivity index (χ2v) is 7.45. The molecule has 2 rings (SSSR count). The lowest BCUT2D eigenvalue weighted by Crippen LogP contribution is -2.30. The van der Waals surface area contributed by atoms with Gasteiger partial charge < -0.3 is 9.15 Å². The maximum Gasteiger partial charge on any atom is 0.312 e. The van der Waals surface area contributed by atoms with Crippen LogP contribution in [-0.2, 0) is 16.6 Å². The number of hydrogen-bond acceptors (Lipinski definition) is 7. The van der Waals surface area contributed by atoms with Crippen LogP contribution in [0.5, 0.6) is 5.75 Å². The fourth-order valence-corrected chi connectivity index (χ4v) is 3.85. The standard InChI is InChI=1S/C16H21N3O6S/c1-5-18(6-2)26(22,23)13-7-8-15(14(9-13)19(20)21)24-10-16-17-11(3)12(4)25-16/h7-9H,5-6,10H2,1-4H3. The van der Waals surface area contributed by atoms with E-state index in [4.69, 9.17) is 9.15 Å². The van der Waals surface area contributed by atoms with Gasteiger partial charge in [-0.05, 0) is 26.0 Å². The summed E-state index contributed by atoms with van der Waals surface area (Å²) in [5, 5.41) is 11.4. The molecule has 0 aliphatic rings. The molecule has 0 bridgehead atoms. The van der Waals surface area contributed by atoms with Crippen molar-refractivity contribution in [1.82, 2.24) is 9.29 Å². The van der Waals surface area contributed by atoms with Crippen molar-refractivity contribution in [2.45, 2.75) is 39.2 Å². The Morgan fingerprint density at radius 2 is 1.92 bits per heavy atom. The van der Waals surface area contributed by atoms with Crippen LogP contribution < -0.4 is 4.74 Å².